The van der Waals surface area contributed by atoms with Crippen molar-refractivity contribution in [3.05, 3.63) is 59.8 Å². The van der Waals surface area contributed by atoms with Crippen LogP contribution in [0.15, 0.2) is 48.7 Å². The molecule has 2 atom stereocenters. The molecule has 0 bridgehead atoms. The van der Waals surface area contributed by atoms with Crippen molar-refractivity contribution in [2.24, 2.45) is 0 Å². The van der Waals surface area contributed by atoms with Crippen LogP contribution < -0.4 is 4.74 Å². The molecule has 1 aromatic heterocycles. The molecule has 1 spiro atoms. The number of hydrogen-bond acceptors (Lipinski definition) is 5. The lowest BCUT2D eigenvalue weighted by atomic mass is 9.80. The first-order valence-electron chi connectivity index (χ1n) is 11.6. The smallest absolute Gasteiger partial charge is 0.422 e. The maximum Gasteiger partial charge on any atom is 0.422 e. The Morgan fingerprint density at radius 3 is 2.59 bits per heavy atom. The first-order chi connectivity index (χ1) is 16.3. The van der Waals surface area contributed by atoms with Gasteiger partial charge in [-0.3, -0.25) is 4.79 Å². The molecule has 4 rings (SSSR count). The van der Waals surface area contributed by atoms with E-state index in [1.54, 1.807) is 4.90 Å². The van der Waals surface area contributed by atoms with Crippen molar-refractivity contribution in [1.29, 1.82) is 0 Å². The van der Waals surface area contributed by atoms with Crippen LogP contribution in [0.3, 0.4) is 0 Å². The molecular weight excluding hydrogens is 449 g/mol. The molecule has 6 nitrogen and oxygen atoms in total. The molecule has 184 valence electrons. The van der Waals surface area contributed by atoms with E-state index < -0.39 is 24.3 Å². The molecule has 0 aliphatic carbocycles. The zero-order valence-corrected chi connectivity index (χ0v) is 19.1. The van der Waals surface area contributed by atoms with Gasteiger partial charge in [0.2, 0.25) is 5.88 Å². The van der Waals surface area contributed by atoms with Gasteiger partial charge in [0, 0.05) is 38.7 Å². The van der Waals surface area contributed by atoms with Gasteiger partial charge >= 0.3 is 6.18 Å². The number of halogens is 3. The van der Waals surface area contributed by atoms with Crippen LogP contribution in [0.5, 0.6) is 5.88 Å². The number of rotatable bonds is 6. The molecule has 0 N–H and O–H groups in total. The molecule has 9 heteroatoms. The van der Waals surface area contributed by atoms with Crippen molar-refractivity contribution < 1.29 is 32.2 Å². The van der Waals surface area contributed by atoms with Gasteiger partial charge in [-0.15, -0.1) is 0 Å². The summed E-state index contributed by atoms with van der Waals surface area (Å²) in [5.74, 6) is -0.698. The van der Waals surface area contributed by atoms with Crippen LogP contribution in [0.2, 0.25) is 0 Å². The third kappa shape index (κ3) is 5.88. The standard InChI is InChI=1S/C25H29F3N2O4/c1-2-32-19-15-21(18-7-4-3-5-8-18)34-24(16-19)10-13-30(14-11-24)23(31)20-9-6-12-29-22(20)33-17-25(26,27)28/h3-9,12,19,21H,2,10-11,13-17H2,1H3. The number of hydrogen-bond donors (Lipinski definition) is 0. The lowest BCUT2D eigenvalue weighted by Gasteiger charge is -2.48. The molecule has 2 unspecified atom stereocenters. The van der Waals surface area contributed by atoms with Crippen LogP contribution in [0.4, 0.5) is 13.2 Å². The van der Waals surface area contributed by atoms with Crippen LogP contribution in [-0.2, 0) is 9.47 Å². The number of amides is 1. The van der Waals surface area contributed by atoms with E-state index in [0.29, 0.717) is 32.5 Å². The van der Waals surface area contributed by atoms with Crippen molar-refractivity contribution >= 4 is 5.91 Å². The largest absolute Gasteiger partial charge is 0.467 e. The molecule has 0 radical (unpaired) electrons. The van der Waals surface area contributed by atoms with Crippen LogP contribution in [0.1, 0.15) is 54.6 Å². The number of carbonyl (C=O) groups excluding carboxylic acids is 1. The Balaban J connectivity index is 1.45. The maximum absolute atomic E-state index is 13.1. The number of benzene rings is 1. The second-order valence-electron chi connectivity index (χ2n) is 8.77. The molecule has 34 heavy (non-hydrogen) atoms. The van der Waals surface area contributed by atoms with Crippen molar-refractivity contribution in [2.45, 2.75) is 56.6 Å². The van der Waals surface area contributed by atoms with Crippen molar-refractivity contribution in [3.8, 4) is 5.88 Å². The zero-order chi connectivity index (χ0) is 24.2. The highest BCUT2D eigenvalue weighted by atomic mass is 19.4. The van der Waals surface area contributed by atoms with Crippen LogP contribution in [-0.4, -0.2) is 60.0 Å². The number of piperidine rings is 1. The SMILES string of the molecule is CCOC1CC(c2ccccc2)OC2(CCN(C(=O)c3cccnc3OCC(F)(F)F)CC2)C1. The average molecular weight is 479 g/mol. The Morgan fingerprint density at radius 1 is 1.18 bits per heavy atom. The molecule has 2 aliphatic heterocycles. The van der Waals surface area contributed by atoms with E-state index >= 15 is 0 Å². The number of alkyl halides is 3. The predicted molar refractivity (Wildman–Crippen MR) is 119 cm³/mol. The second-order valence-corrected chi connectivity index (χ2v) is 8.77. The van der Waals surface area contributed by atoms with Gasteiger partial charge in [-0.1, -0.05) is 30.3 Å². The summed E-state index contributed by atoms with van der Waals surface area (Å²) < 4.78 is 55.2. The van der Waals surface area contributed by atoms with E-state index in [1.165, 1.54) is 18.3 Å². The van der Waals surface area contributed by atoms with E-state index in [2.05, 4.69) is 17.1 Å². The molecule has 2 aliphatic rings. The third-order valence-corrected chi connectivity index (χ3v) is 6.38. The fourth-order valence-electron chi connectivity index (χ4n) is 4.80. The van der Waals surface area contributed by atoms with Crippen LogP contribution >= 0.6 is 0 Å². The zero-order valence-electron chi connectivity index (χ0n) is 19.1. The third-order valence-electron chi connectivity index (χ3n) is 6.38. The Morgan fingerprint density at radius 2 is 1.91 bits per heavy atom. The fraction of sp³-hybridized carbons (Fsp3) is 0.520. The average Bonchev–Trinajstić information content (AvgIpc) is 2.83. The number of nitrogens with zero attached hydrogens (tertiary/aromatic N) is 2. The van der Waals surface area contributed by atoms with E-state index in [-0.39, 0.29) is 23.7 Å². The summed E-state index contributed by atoms with van der Waals surface area (Å²) in [4.78, 5) is 18.6. The second kappa shape index (κ2) is 10.3. The Kier molecular flexibility index (Phi) is 7.42. The lowest BCUT2D eigenvalue weighted by molar-refractivity contribution is -0.190. The minimum Gasteiger partial charge on any atom is -0.467 e. The minimum atomic E-state index is -4.51. The molecule has 2 saturated heterocycles. The van der Waals surface area contributed by atoms with Gasteiger partial charge in [0.25, 0.3) is 5.91 Å². The molecule has 2 fully saturated rings. The molecular formula is C25H29F3N2O4. The number of aromatic nitrogens is 1. The van der Waals surface area contributed by atoms with E-state index in [4.69, 9.17) is 14.2 Å². The maximum atomic E-state index is 13.1. The van der Waals surface area contributed by atoms with Crippen molar-refractivity contribution in [2.75, 3.05) is 26.3 Å². The van der Waals surface area contributed by atoms with E-state index in [1.807, 2.05) is 25.1 Å². The Labute approximate surface area is 197 Å². The predicted octanol–water partition coefficient (Wildman–Crippen LogP) is 4.95. The molecule has 0 saturated carbocycles. The van der Waals surface area contributed by atoms with Gasteiger partial charge in [0.15, 0.2) is 6.61 Å². The van der Waals surface area contributed by atoms with Gasteiger partial charge in [-0.25, -0.2) is 4.98 Å². The van der Waals surface area contributed by atoms with Gasteiger partial charge in [0.1, 0.15) is 5.56 Å². The summed E-state index contributed by atoms with van der Waals surface area (Å²) in [6, 6.07) is 13.0. The topological polar surface area (TPSA) is 60.9 Å². The molecule has 2 aromatic rings. The van der Waals surface area contributed by atoms with Crippen LogP contribution in [0, 0.1) is 0 Å². The molecule has 3 heterocycles. The number of ether oxygens (including phenoxy) is 3. The first-order valence-corrected chi connectivity index (χ1v) is 11.6. The van der Waals surface area contributed by atoms with Gasteiger partial charge in [0.05, 0.1) is 17.8 Å². The summed E-state index contributed by atoms with van der Waals surface area (Å²) in [5.41, 5.74) is 0.716. The number of pyridine rings is 1. The van der Waals surface area contributed by atoms with Gasteiger partial charge < -0.3 is 19.1 Å². The van der Waals surface area contributed by atoms with E-state index in [9.17, 15) is 18.0 Å². The summed E-state index contributed by atoms with van der Waals surface area (Å²) in [5, 5.41) is 0. The summed E-state index contributed by atoms with van der Waals surface area (Å²) in [6.07, 6.45) is -0.478. The number of likely N-dealkylation sites (tertiary alicyclic amines) is 1. The normalized spacial score (nSPS) is 22.5. The summed E-state index contributed by atoms with van der Waals surface area (Å²) >= 11 is 0. The highest BCUT2D eigenvalue weighted by Gasteiger charge is 2.45. The molecule has 1 amide bonds. The Hall–Kier alpha value is -2.65. The Bertz CT molecular complexity index is 962. The highest BCUT2D eigenvalue weighted by molar-refractivity contribution is 5.96. The first kappa shape index (κ1) is 24.5. The number of carbonyl (C=O) groups is 1. The minimum absolute atomic E-state index is 0.0293. The van der Waals surface area contributed by atoms with Crippen LogP contribution in [0.25, 0.3) is 0 Å². The summed E-state index contributed by atoms with van der Waals surface area (Å²) in [6.45, 7) is 1.95. The summed E-state index contributed by atoms with van der Waals surface area (Å²) in [7, 11) is 0. The molecule has 1 aromatic carbocycles. The van der Waals surface area contributed by atoms with E-state index in [0.717, 1.165) is 18.4 Å². The van der Waals surface area contributed by atoms with Gasteiger partial charge in [-0.05, 0) is 37.5 Å². The van der Waals surface area contributed by atoms with Crippen molar-refractivity contribution in [1.82, 2.24) is 9.88 Å². The highest BCUT2D eigenvalue weighted by Crippen LogP contribution is 2.44. The van der Waals surface area contributed by atoms with Gasteiger partial charge in [-0.2, -0.15) is 13.2 Å². The lowest BCUT2D eigenvalue weighted by Crippen LogP contribution is -2.52. The monoisotopic (exact) mass is 478 g/mol. The quantitative estimate of drug-likeness (QED) is 0.588. The fourth-order valence-corrected chi connectivity index (χ4v) is 4.80. The van der Waals surface area contributed by atoms with Crippen molar-refractivity contribution in [3.63, 3.8) is 0 Å².